The summed E-state index contributed by atoms with van der Waals surface area (Å²) in [5.41, 5.74) is 4.19. The first-order valence-corrected chi connectivity index (χ1v) is 12.6. The van der Waals surface area contributed by atoms with Crippen LogP contribution in [0, 0.1) is 0 Å². The van der Waals surface area contributed by atoms with Gasteiger partial charge in [-0.2, -0.15) is 10.1 Å². The molecule has 2 aliphatic carbocycles. The lowest BCUT2D eigenvalue weighted by molar-refractivity contribution is 0.0958. The fourth-order valence-corrected chi connectivity index (χ4v) is 4.92. The zero-order valence-electron chi connectivity index (χ0n) is 20.8. The Labute approximate surface area is 213 Å². The average molecular weight is 502 g/mol. The summed E-state index contributed by atoms with van der Waals surface area (Å²) in [5, 5.41) is 11.2. The number of fused-ring (bicyclic) bond motifs is 1. The highest BCUT2D eigenvalue weighted by atomic mass is 19.1. The van der Waals surface area contributed by atoms with Crippen molar-refractivity contribution >= 4 is 17.4 Å². The fraction of sp³-hybridized carbons (Fsp3) is 0.407. The Balaban J connectivity index is 1.24. The Morgan fingerprint density at radius 2 is 2.11 bits per heavy atom. The van der Waals surface area contributed by atoms with Crippen LogP contribution < -0.4 is 5.32 Å². The predicted molar refractivity (Wildman–Crippen MR) is 134 cm³/mol. The number of hydrogen-bond acceptors (Lipinski definition) is 8. The number of Topliss-reactive ketones (excluding diaryl/α,β-unsaturated/α-hetero) is 1. The third-order valence-corrected chi connectivity index (χ3v) is 7.39. The molecule has 37 heavy (non-hydrogen) atoms. The summed E-state index contributed by atoms with van der Waals surface area (Å²) in [6, 6.07) is 7.80. The molecule has 0 bridgehead atoms. The monoisotopic (exact) mass is 501 g/mol. The molecule has 2 atom stereocenters. The first kappa shape index (κ1) is 23.4. The smallest absolute Gasteiger partial charge is 0.238 e. The highest BCUT2D eigenvalue weighted by Gasteiger charge is 2.45. The summed E-state index contributed by atoms with van der Waals surface area (Å²) >= 11 is 0. The molecule has 1 aromatic carbocycles. The van der Waals surface area contributed by atoms with Gasteiger partial charge in [-0.05, 0) is 54.9 Å². The van der Waals surface area contributed by atoms with E-state index in [9.17, 15) is 9.18 Å². The largest absolute Gasteiger partial charge is 0.338 e. The van der Waals surface area contributed by atoms with Crippen LogP contribution in [0.4, 0.5) is 16.0 Å². The van der Waals surface area contributed by atoms with E-state index in [1.54, 1.807) is 17.1 Å². The molecule has 2 aliphatic rings. The van der Waals surface area contributed by atoms with Crippen LogP contribution in [-0.2, 0) is 18.9 Å². The Morgan fingerprint density at radius 1 is 1.24 bits per heavy atom. The number of anilines is 2. The van der Waals surface area contributed by atoms with E-state index in [0.717, 1.165) is 40.9 Å². The van der Waals surface area contributed by atoms with Gasteiger partial charge in [0.15, 0.2) is 0 Å². The quantitative estimate of drug-likeness (QED) is 0.275. The molecule has 3 aromatic heterocycles. The summed E-state index contributed by atoms with van der Waals surface area (Å²) in [6.45, 7) is 2.06. The minimum Gasteiger partial charge on any atom is -0.338 e. The van der Waals surface area contributed by atoms with E-state index in [0.29, 0.717) is 31.1 Å². The van der Waals surface area contributed by atoms with Crippen LogP contribution in [0.3, 0.4) is 0 Å². The van der Waals surface area contributed by atoms with Crippen LogP contribution in [0.1, 0.15) is 72.6 Å². The van der Waals surface area contributed by atoms with Crippen LogP contribution in [0.2, 0.25) is 0 Å². The van der Waals surface area contributed by atoms with E-state index >= 15 is 0 Å². The van der Waals surface area contributed by atoms with Gasteiger partial charge in [-0.1, -0.05) is 24.2 Å². The zero-order valence-corrected chi connectivity index (χ0v) is 20.8. The first-order chi connectivity index (χ1) is 17.9. The van der Waals surface area contributed by atoms with Crippen LogP contribution in [0.15, 0.2) is 47.4 Å². The van der Waals surface area contributed by atoms with E-state index in [-0.39, 0.29) is 29.4 Å². The SMILES string of the molecule is Cn1cc(Nc2nccc(-c3ccc4c(c3)C[C@@H](F)CC[C@@H]4CC(=O)c3noc(C4(C)CC4)n3)n2)cn1. The van der Waals surface area contributed by atoms with Gasteiger partial charge in [-0.3, -0.25) is 9.48 Å². The molecule has 1 N–H and O–H groups in total. The van der Waals surface area contributed by atoms with Crippen LogP contribution in [-0.4, -0.2) is 41.8 Å². The summed E-state index contributed by atoms with van der Waals surface area (Å²) < 4.78 is 21.8. The summed E-state index contributed by atoms with van der Waals surface area (Å²) in [4.78, 5) is 26.4. The van der Waals surface area contributed by atoms with Crippen molar-refractivity contribution in [3.63, 3.8) is 0 Å². The standard InChI is InChI=1S/C27H28FN7O2/c1-27(8-9-27)25-33-24(34-37-25)23(36)13-16-3-5-19(28)12-18-11-17(4-6-21(16)18)22-7-10-29-26(32-22)31-20-14-30-35(2)15-20/h4,6-7,10-11,14-16,19H,3,5,8-9,12-13H2,1-2H3,(H,29,31,32)/t16-,19+/m1/s1. The molecule has 4 aromatic rings. The number of nitrogens with zero attached hydrogens (tertiary/aromatic N) is 6. The maximum Gasteiger partial charge on any atom is 0.238 e. The number of nitrogens with one attached hydrogen (secondary N) is 1. The molecule has 190 valence electrons. The van der Waals surface area contributed by atoms with Crippen molar-refractivity contribution in [1.29, 1.82) is 0 Å². The van der Waals surface area contributed by atoms with Gasteiger partial charge in [0.2, 0.25) is 23.4 Å². The number of rotatable bonds is 7. The number of aryl methyl sites for hydroxylation is 1. The number of aromatic nitrogens is 6. The topological polar surface area (TPSA) is 112 Å². The Morgan fingerprint density at radius 3 is 2.89 bits per heavy atom. The molecular formula is C27H28FN7O2. The number of benzene rings is 1. The lowest BCUT2D eigenvalue weighted by Crippen LogP contribution is -2.10. The Kier molecular flexibility index (Phi) is 5.81. The molecule has 3 heterocycles. The Bertz CT molecular complexity index is 1460. The number of carbonyl (C=O) groups is 1. The van der Waals surface area contributed by atoms with Crippen LogP contribution in [0.5, 0.6) is 0 Å². The van der Waals surface area contributed by atoms with Crippen molar-refractivity contribution in [2.75, 3.05) is 5.32 Å². The van der Waals surface area contributed by atoms with Crippen molar-refractivity contribution in [3.8, 4) is 11.3 Å². The molecule has 0 unspecified atom stereocenters. The Hall–Kier alpha value is -3.95. The number of halogens is 1. The molecule has 10 heteroatoms. The predicted octanol–water partition coefficient (Wildman–Crippen LogP) is 5.09. The van der Waals surface area contributed by atoms with E-state index in [4.69, 9.17) is 4.52 Å². The number of ketones is 1. The highest BCUT2D eigenvalue weighted by Crippen LogP contribution is 2.46. The lowest BCUT2D eigenvalue weighted by Gasteiger charge is -2.17. The second-order valence-electron chi connectivity index (χ2n) is 10.4. The summed E-state index contributed by atoms with van der Waals surface area (Å²) in [6.07, 6.45) is 7.77. The van der Waals surface area contributed by atoms with Crippen molar-refractivity contribution < 1.29 is 13.7 Å². The zero-order chi connectivity index (χ0) is 25.6. The van der Waals surface area contributed by atoms with E-state index in [1.165, 1.54) is 0 Å². The maximum absolute atomic E-state index is 14.8. The third-order valence-electron chi connectivity index (χ3n) is 7.39. The minimum absolute atomic E-state index is 0.0906. The van der Waals surface area contributed by atoms with Crippen molar-refractivity contribution in [2.24, 2.45) is 7.05 Å². The molecule has 0 aliphatic heterocycles. The summed E-state index contributed by atoms with van der Waals surface area (Å²) in [7, 11) is 1.84. The molecule has 6 rings (SSSR count). The van der Waals surface area contributed by atoms with Crippen molar-refractivity contribution in [1.82, 2.24) is 29.9 Å². The van der Waals surface area contributed by atoms with Gasteiger partial charge >= 0.3 is 0 Å². The van der Waals surface area contributed by atoms with Gasteiger partial charge in [-0.25, -0.2) is 14.4 Å². The molecule has 0 saturated heterocycles. The van der Waals surface area contributed by atoms with Crippen LogP contribution >= 0.6 is 0 Å². The van der Waals surface area contributed by atoms with E-state index in [1.807, 2.05) is 37.5 Å². The van der Waals surface area contributed by atoms with Gasteiger partial charge in [0.1, 0.15) is 6.17 Å². The molecule has 0 radical (unpaired) electrons. The average Bonchev–Trinajstić information content (AvgIpc) is 3.28. The normalized spacial score (nSPS) is 20.2. The van der Waals surface area contributed by atoms with Gasteiger partial charge < -0.3 is 9.84 Å². The second kappa shape index (κ2) is 9.17. The molecular weight excluding hydrogens is 473 g/mol. The van der Waals surface area contributed by atoms with Crippen molar-refractivity contribution in [3.05, 3.63) is 65.7 Å². The van der Waals surface area contributed by atoms with E-state index in [2.05, 4.69) is 37.4 Å². The highest BCUT2D eigenvalue weighted by molar-refractivity contribution is 5.93. The van der Waals surface area contributed by atoms with Crippen LogP contribution in [0.25, 0.3) is 11.3 Å². The molecule has 1 saturated carbocycles. The minimum atomic E-state index is -0.964. The number of hydrogen-bond donors (Lipinski definition) is 1. The fourth-order valence-electron chi connectivity index (χ4n) is 4.92. The van der Waals surface area contributed by atoms with Gasteiger partial charge in [0, 0.05) is 43.3 Å². The van der Waals surface area contributed by atoms with Crippen molar-refractivity contribution in [2.45, 2.75) is 63.0 Å². The number of alkyl halides is 1. The van der Waals surface area contributed by atoms with E-state index < -0.39 is 6.17 Å². The molecule has 1 fully saturated rings. The number of carbonyl (C=O) groups excluding carboxylic acids is 1. The third kappa shape index (κ3) is 4.87. The lowest BCUT2D eigenvalue weighted by atomic mass is 9.87. The maximum atomic E-state index is 14.8. The van der Waals surface area contributed by atoms with Gasteiger partial charge in [-0.15, -0.1) is 0 Å². The van der Waals surface area contributed by atoms with Gasteiger partial charge in [0.05, 0.1) is 17.6 Å². The first-order valence-electron chi connectivity index (χ1n) is 12.6. The summed E-state index contributed by atoms with van der Waals surface area (Å²) in [5.74, 6) is 0.832. The molecule has 0 spiro atoms. The molecule has 9 nitrogen and oxygen atoms in total. The second-order valence-corrected chi connectivity index (χ2v) is 10.4. The van der Waals surface area contributed by atoms with Gasteiger partial charge in [0.25, 0.3) is 0 Å². The molecule has 0 amide bonds.